The number of benzene rings is 2. The SMILES string of the molecule is COc1ccnc(NS(=O)(=O)c2ccc(Nc3cc4c(-c5ccc6c(cnn6CC(C)(C)O)c5C)nccc4cn3)cc2)c1. The number of aryl methyl sites for hydroxylation is 1. The molecule has 4 heterocycles. The van der Waals surface area contributed by atoms with E-state index in [9.17, 15) is 13.5 Å². The molecule has 2 aromatic carbocycles. The minimum absolute atomic E-state index is 0.0855. The zero-order chi connectivity index (χ0) is 31.1. The second-order valence-electron chi connectivity index (χ2n) is 11.1. The Kier molecular flexibility index (Phi) is 7.39. The van der Waals surface area contributed by atoms with Crippen LogP contribution in [0.4, 0.5) is 17.3 Å². The number of aliphatic hydroxyl groups is 1. The smallest absolute Gasteiger partial charge is 0.263 e. The molecule has 6 aromatic rings. The van der Waals surface area contributed by atoms with E-state index in [2.05, 4.69) is 25.1 Å². The van der Waals surface area contributed by atoms with E-state index in [0.29, 0.717) is 23.8 Å². The van der Waals surface area contributed by atoms with Crippen molar-refractivity contribution in [2.24, 2.45) is 0 Å². The molecule has 0 fully saturated rings. The van der Waals surface area contributed by atoms with Crippen LogP contribution < -0.4 is 14.8 Å². The van der Waals surface area contributed by atoms with Gasteiger partial charge in [0.05, 0.1) is 41.6 Å². The summed E-state index contributed by atoms with van der Waals surface area (Å²) in [6.07, 6.45) is 6.84. The number of anilines is 3. The Bertz CT molecular complexity index is 2100. The third-order valence-corrected chi connectivity index (χ3v) is 8.55. The number of pyridine rings is 3. The highest BCUT2D eigenvalue weighted by Crippen LogP contribution is 2.34. The fraction of sp³-hybridized carbons (Fsp3) is 0.188. The second-order valence-corrected chi connectivity index (χ2v) is 12.8. The van der Waals surface area contributed by atoms with Crippen LogP contribution in [0.5, 0.6) is 5.75 Å². The molecule has 44 heavy (non-hydrogen) atoms. The summed E-state index contributed by atoms with van der Waals surface area (Å²) in [6, 6.07) is 17.4. The highest BCUT2D eigenvalue weighted by atomic mass is 32.2. The summed E-state index contributed by atoms with van der Waals surface area (Å²) in [7, 11) is -2.36. The number of ether oxygens (including phenoxy) is 1. The molecule has 3 N–H and O–H groups in total. The lowest BCUT2D eigenvalue weighted by atomic mass is 9.98. The van der Waals surface area contributed by atoms with Gasteiger partial charge in [-0.2, -0.15) is 5.10 Å². The maximum Gasteiger partial charge on any atom is 0.263 e. The number of hydrogen-bond acceptors (Lipinski definition) is 9. The number of fused-ring (bicyclic) bond motifs is 2. The van der Waals surface area contributed by atoms with E-state index in [1.54, 1.807) is 44.4 Å². The van der Waals surface area contributed by atoms with E-state index in [1.165, 1.54) is 31.5 Å². The summed E-state index contributed by atoms with van der Waals surface area (Å²) in [4.78, 5) is 13.4. The van der Waals surface area contributed by atoms with Crippen molar-refractivity contribution in [1.82, 2.24) is 24.7 Å². The third kappa shape index (κ3) is 5.90. The van der Waals surface area contributed by atoms with Crippen LogP contribution in [-0.2, 0) is 16.6 Å². The molecule has 0 saturated heterocycles. The maximum atomic E-state index is 12.9. The standard InChI is InChI=1S/C32H31N7O4S/c1-20-25(9-10-28-27(20)18-36-39(28)19-32(2,3)40)31-26-16-29(35-17-21(26)11-13-34-31)37-22-5-7-24(8-6-22)44(41,42)38-30-15-23(43-4)12-14-33-30/h5-18,40H,19H2,1-4H3,(H,33,38)(H,35,37). The molecule has 6 rings (SSSR count). The van der Waals surface area contributed by atoms with Gasteiger partial charge in [-0.3, -0.25) is 14.4 Å². The van der Waals surface area contributed by atoms with Crippen LogP contribution in [0.3, 0.4) is 0 Å². The Morgan fingerprint density at radius 1 is 0.909 bits per heavy atom. The van der Waals surface area contributed by atoms with E-state index < -0.39 is 15.6 Å². The molecule has 0 bridgehead atoms. The molecule has 0 aliphatic rings. The lowest BCUT2D eigenvalue weighted by molar-refractivity contribution is 0.0591. The third-order valence-electron chi connectivity index (χ3n) is 7.18. The van der Waals surface area contributed by atoms with Crippen molar-refractivity contribution < 1.29 is 18.3 Å². The zero-order valence-electron chi connectivity index (χ0n) is 24.6. The van der Waals surface area contributed by atoms with Gasteiger partial charge < -0.3 is 15.2 Å². The molecule has 0 amide bonds. The van der Waals surface area contributed by atoms with Crippen LogP contribution in [0.15, 0.2) is 90.3 Å². The molecule has 0 aliphatic heterocycles. The van der Waals surface area contributed by atoms with Crippen molar-refractivity contribution in [3.8, 4) is 17.0 Å². The fourth-order valence-electron chi connectivity index (χ4n) is 5.05. The fourth-order valence-corrected chi connectivity index (χ4v) is 6.04. The first-order valence-electron chi connectivity index (χ1n) is 13.8. The quantitative estimate of drug-likeness (QED) is 0.189. The zero-order valence-corrected chi connectivity index (χ0v) is 25.4. The van der Waals surface area contributed by atoms with Crippen LogP contribution in [-0.4, -0.2) is 51.0 Å². The van der Waals surface area contributed by atoms with Gasteiger partial charge in [0.25, 0.3) is 10.0 Å². The van der Waals surface area contributed by atoms with Gasteiger partial charge in [-0.05, 0) is 74.9 Å². The topological polar surface area (TPSA) is 144 Å². The summed E-state index contributed by atoms with van der Waals surface area (Å²) < 4.78 is 35.3. The minimum Gasteiger partial charge on any atom is -0.497 e. The molecule has 224 valence electrons. The summed E-state index contributed by atoms with van der Waals surface area (Å²) in [5.41, 5.74) is 3.52. The molecule has 12 heteroatoms. The Balaban J connectivity index is 1.27. The number of nitrogens with one attached hydrogen (secondary N) is 2. The van der Waals surface area contributed by atoms with Gasteiger partial charge in [0.2, 0.25) is 0 Å². The lowest BCUT2D eigenvalue weighted by Gasteiger charge is -2.18. The van der Waals surface area contributed by atoms with Crippen molar-refractivity contribution in [3.63, 3.8) is 0 Å². The highest BCUT2D eigenvalue weighted by molar-refractivity contribution is 7.92. The van der Waals surface area contributed by atoms with Crippen LogP contribution in [0.25, 0.3) is 32.9 Å². The van der Waals surface area contributed by atoms with Crippen molar-refractivity contribution >= 4 is 49.0 Å². The number of hydrogen-bond donors (Lipinski definition) is 3. The average Bonchev–Trinajstić information content (AvgIpc) is 3.39. The van der Waals surface area contributed by atoms with Crippen LogP contribution >= 0.6 is 0 Å². The average molecular weight is 610 g/mol. The molecule has 0 saturated carbocycles. The maximum absolute atomic E-state index is 12.9. The Morgan fingerprint density at radius 2 is 1.68 bits per heavy atom. The van der Waals surface area contributed by atoms with E-state index in [0.717, 1.165) is 38.5 Å². The normalized spacial score (nSPS) is 12.0. The number of nitrogens with zero attached hydrogens (tertiary/aromatic N) is 5. The predicted octanol–water partition coefficient (Wildman–Crippen LogP) is 5.67. The van der Waals surface area contributed by atoms with Crippen molar-refractivity contribution in [3.05, 3.63) is 91.0 Å². The van der Waals surface area contributed by atoms with E-state index in [-0.39, 0.29) is 10.7 Å². The van der Waals surface area contributed by atoms with Crippen LogP contribution in [0.2, 0.25) is 0 Å². The van der Waals surface area contributed by atoms with E-state index in [4.69, 9.17) is 9.72 Å². The first-order chi connectivity index (χ1) is 21.0. The van der Waals surface area contributed by atoms with Crippen LogP contribution in [0, 0.1) is 6.92 Å². The van der Waals surface area contributed by atoms with Gasteiger partial charge in [0.1, 0.15) is 17.4 Å². The summed E-state index contributed by atoms with van der Waals surface area (Å²) >= 11 is 0. The second kappa shape index (κ2) is 11.2. The molecule has 11 nitrogen and oxygen atoms in total. The first-order valence-corrected chi connectivity index (χ1v) is 15.3. The van der Waals surface area contributed by atoms with Crippen molar-refractivity contribution in [2.45, 2.75) is 37.8 Å². The predicted molar refractivity (Wildman–Crippen MR) is 171 cm³/mol. The minimum atomic E-state index is -3.86. The monoisotopic (exact) mass is 609 g/mol. The van der Waals surface area contributed by atoms with Gasteiger partial charge >= 0.3 is 0 Å². The van der Waals surface area contributed by atoms with E-state index in [1.807, 2.05) is 42.1 Å². The molecule has 4 aromatic heterocycles. The van der Waals surface area contributed by atoms with Gasteiger partial charge in [-0.15, -0.1) is 0 Å². The van der Waals surface area contributed by atoms with Crippen LogP contribution in [0.1, 0.15) is 19.4 Å². The molecule has 0 aliphatic carbocycles. The first kappa shape index (κ1) is 29.0. The number of rotatable bonds is 9. The van der Waals surface area contributed by atoms with E-state index >= 15 is 0 Å². The number of methoxy groups -OCH3 is 1. The lowest BCUT2D eigenvalue weighted by Crippen LogP contribution is -2.26. The van der Waals surface area contributed by atoms with Crippen molar-refractivity contribution in [1.29, 1.82) is 0 Å². The molecule has 0 atom stereocenters. The summed E-state index contributed by atoms with van der Waals surface area (Å²) in [5, 5.41) is 20.9. The molecule has 0 radical (unpaired) electrons. The van der Waals surface area contributed by atoms with Gasteiger partial charge in [-0.25, -0.2) is 18.4 Å². The van der Waals surface area contributed by atoms with Gasteiger partial charge in [0, 0.05) is 52.1 Å². The Morgan fingerprint density at radius 3 is 2.43 bits per heavy atom. The van der Waals surface area contributed by atoms with Gasteiger partial charge in [0.15, 0.2) is 0 Å². The highest BCUT2D eigenvalue weighted by Gasteiger charge is 2.19. The van der Waals surface area contributed by atoms with Crippen molar-refractivity contribution in [2.75, 3.05) is 17.1 Å². The molecular formula is C32H31N7O4S. The number of sulfonamides is 1. The Labute approximate surface area is 254 Å². The van der Waals surface area contributed by atoms with Gasteiger partial charge in [-0.1, -0.05) is 6.07 Å². The molecule has 0 unspecified atom stereocenters. The Hall–Kier alpha value is -5.07. The molecular weight excluding hydrogens is 578 g/mol. The summed E-state index contributed by atoms with van der Waals surface area (Å²) in [6.45, 7) is 5.95. The number of aromatic nitrogens is 5. The summed E-state index contributed by atoms with van der Waals surface area (Å²) in [5.74, 6) is 1.24. The molecule has 0 spiro atoms. The largest absolute Gasteiger partial charge is 0.497 e.